The first kappa shape index (κ1) is 28.9. The van der Waals surface area contributed by atoms with Gasteiger partial charge >= 0.3 is 0 Å². The minimum absolute atomic E-state index is 0.0612. The maximum atomic E-state index is 14.8. The van der Waals surface area contributed by atoms with Crippen LogP contribution in [0.25, 0.3) is 10.8 Å². The third kappa shape index (κ3) is 4.75. The minimum atomic E-state index is -0.847. The van der Waals surface area contributed by atoms with Gasteiger partial charge in [-0.15, -0.1) is 11.8 Å². The maximum absolute atomic E-state index is 14.8. The van der Waals surface area contributed by atoms with Gasteiger partial charge < -0.3 is 19.8 Å². The molecule has 0 aliphatic carbocycles. The van der Waals surface area contributed by atoms with Gasteiger partial charge in [0.1, 0.15) is 6.04 Å². The van der Waals surface area contributed by atoms with E-state index in [2.05, 4.69) is 18.2 Å². The molecule has 7 nitrogen and oxygen atoms in total. The number of nitrogens with zero attached hydrogens (tertiary/aromatic N) is 3. The Kier molecular flexibility index (Phi) is 7.81. The molecule has 8 heteroatoms. The van der Waals surface area contributed by atoms with Crippen LogP contribution in [0.1, 0.15) is 25.7 Å². The Bertz CT molecular complexity index is 1640. The van der Waals surface area contributed by atoms with Gasteiger partial charge in [-0.25, -0.2) is 0 Å². The van der Waals surface area contributed by atoms with Crippen molar-refractivity contribution in [1.29, 1.82) is 0 Å². The molecule has 1 unspecified atom stereocenters. The lowest BCUT2D eigenvalue weighted by atomic mass is 9.78. The van der Waals surface area contributed by atoms with E-state index >= 15 is 0 Å². The van der Waals surface area contributed by atoms with Gasteiger partial charge in [0, 0.05) is 42.9 Å². The standard InChI is InChI=1S/C36H37N3O4S/c40-23-9-2-1-8-20-39-32-35(43)38(28-18-17-25-12-6-7-13-26(25)24-28)22-11-19-36(32)31(34(39)42)30-29(44-36)16-10-21-37(33(30)41)27-14-4-3-5-15-27/h3-7,10-19,24,29-32,40H,1-2,8-9,20-23H2/t29-,30+,31-,32?,36-/m0/s1. The number of carbonyl (C=O) groups is 3. The molecule has 0 bridgehead atoms. The lowest BCUT2D eigenvalue weighted by molar-refractivity contribution is -0.138. The van der Waals surface area contributed by atoms with Crippen molar-refractivity contribution in [3.63, 3.8) is 0 Å². The van der Waals surface area contributed by atoms with E-state index in [1.165, 1.54) is 0 Å². The van der Waals surface area contributed by atoms with Crippen LogP contribution in [0.5, 0.6) is 0 Å². The zero-order chi connectivity index (χ0) is 30.3. The highest BCUT2D eigenvalue weighted by molar-refractivity contribution is 8.02. The molecule has 0 radical (unpaired) electrons. The van der Waals surface area contributed by atoms with Crippen molar-refractivity contribution in [2.24, 2.45) is 11.8 Å². The van der Waals surface area contributed by atoms with Crippen molar-refractivity contribution in [1.82, 2.24) is 4.90 Å². The number of hydrogen-bond acceptors (Lipinski definition) is 5. The fourth-order valence-electron chi connectivity index (χ4n) is 7.54. The normalized spacial score (nSPS) is 27.8. The maximum Gasteiger partial charge on any atom is 0.251 e. The van der Waals surface area contributed by atoms with E-state index in [9.17, 15) is 19.5 Å². The fraction of sp³-hybridized carbons (Fsp3) is 0.361. The number of aliphatic hydroxyl groups excluding tert-OH is 1. The fourth-order valence-corrected chi connectivity index (χ4v) is 9.55. The Morgan fingerprint density at radius 1 is 0.750 bits per heavy atom. The quantitative estimate of drug-likeness (QED) is 0.282. The van der Waals surface area contributed by atoms with E-state index in [1.807, 2.05) is 78.9 Å². The largest absolute Gasteiger partial charge is 0.396 e. The molecule has 3 aromatic rings. The lowest BCUT2D eigenvalue weighted by Crippen LogP contribution is -2.53. The smallest absolute Gasteiger partial charge is 0.251 e. The second kappa shape index (κ2) is 11.9. The summed E-state index contributed by atoms with van der Waals surface area (Å²) in [6.45, 7) is 1.44. The summed E-state index contributed by atoms with van der Waals surface area (Å²) in [4.78, 5) is 49.1. The summed E-state index contributed by atoms with van der Waals surface area (Å²) in [6.07, 6.45) is 11.4. The third-order valence-electron chi connectivity index (χ3n) is 9.58. The molecule has 4 aliphatic rings. The zero-order valence-corrected chi connectivity index (χ0v) is 25.4. The number of unbranched alkanes of at least 4 members (excludes halogenated alkanes) is 3. The lowest BCUT2D eigenvalue weighted by Gasteiger charge is -2.35. The first-order valence-corrected chi connectivity index (χ1v) is 16.5. The Balaban J connectivity index is 1.27. The number of amides is 3. The molecule has 7 rings (SSSR count). The van der Waals surface area contributed by atoms with Crippen LogP contribution in [-0.4, -0.2) is 70.0 Å². The Labute approximate surface area is 262 Å². The number of para-hydroxylation sites is 1. The van der Waals surface area contributed by atoms with Gasteiger partial charge in [0.25, 0.3) is 5.91 Å². The van der Waals surface area contributed by atoms with Crippen LogP contribution in [0.3, 0.4) is 0 Å². The summed E-state index contributed by atoms with van der Waals surface area (Å²) in [6, 6.07) is 23.1. The molecule has 44 heavy (non-hydrogen) atoms. The molecule has 4 heterocycles. The van der Waals surface area contributed by atoms with E-state index in [-0.39, 0.29) is 29.6 Å². The number of thioether (sulfide) groups is 1. The molecule has 2 saturated heterocycles. The van der Waals surface area contributed by atoms with E-state index in [0.29, 0.717) is 19.6 Å². The van der Waals surface area contributed by atoms with Crippen LogP contribution in [0.2, 0.25) is 0 Å². The van der Waals surface area contributed by atoms with Crippen LogP contribution < -0.4 is 9.80 Å². The molecule has 5 atom stereocenters. The Morgan fingerprint density at radius 2 is 1.48 bits per heavy atom. The summed E-state index contributed by atoms with van der Waals surface area (Å²) < 4.78 is -0.847. The molecule has 0 aromatic heterocycles. The summed E-state index contributed by atoms with van der Waals surface area (Å²) in [7, 11) is 0. The Hall–Kier alpha value is -3.88. The Morgan fingerprint density at radius 3 is 2.30 bits per heavy atom. The molecular weight excluding hydrogens is 570 g/mol. The van der Waals surface area contributed by atoms with Crippen molar-refractivity contribution in [3.05, 3.63) is 97.1 Å². The van der Waals surface area contributed by atoms with Crippen LogP contribution in [-0.2, 0) is 14.4 Å². The van der Waals surface area contributed by atoms with Crippen molar-refractivity contribution in [2.75, 3.05) is 36.0 Å². The van der Waals surface area contributed by atoms with Crippen LogP contribution in [0.15, 0.2) is 97.1 Å². The van der Waals surface area contributed by atoms with E-state index in [1.54, 1.807) is 26.5 Å². The molecule has 1 spiro atoms. The predicted molar refractivity (Wildman–Crippen MR) is 176 cm³/mol. The molecule has 1 N–H and O–H groups in total. The number of anilines is 2. The number of benzene rings is 3. The highest BCUT2D eigenvalue weighted by Gasteiger charge is 2.71. The average Bonchev–Trinajstić information content (AvgIpc) is 3.35. The number of likely N-dealkylation sites (tertiary alicyclic amines) is 1. The second-order valence-electron chi connectivity index (χ2n) is 12.1. The molecule has 2 fully saturated rings. The van der Waals surface area contributed by atoms with Gasteiger partial charge in [0.2, 0.25) is 11.8 Å². The van der Waals surface area contributed by atoms with Gasteiger partial charge in [-0.2, -0.15) is 0 Å². The zero-order valence-electron chi connectivity index (χ0n) is 24.6. The highest BCUT2D eigenvalue weighted by atomic mass is 32.2. The van der Waals surface area contributed by atoms with Crippen LogP contribution >= 0.6 is 11.8 Å². The second-order valence-corrected chi connectivity index (χ2v) is 13.6. The third-order valence-corrected chi connectivity index (χ3v) is 11.3. The first-order chi connectivity index (χ1) is 21.5. The molecule has 0 saturated carbocycles. The van der Waals surface area contributed by atoms with Crippen LogP contribution in [0.4, 0.5) is 11.4 Å². The first-order valence-electron chi connectivity index (χ1n) is 15.6. The van der Waals surface area contributed by atoms with Gasteiger partial charge in [-0.1, -0.05) is 85.7 Å². The van der Waals surface area contributed by atoms with Gasteiger partial charge in [-0.3, -0.25) is 14.4 Å². The number of carbonyl (C=O) groups excluding carboxylic acids is 3. The average molecular weight is 608 g/mol. The number of fused-ring (bicyclic) bond motifs is 3. The van der Waals surface area contributed by atoms with Gasteiger partial charge in [0.05, 0.1) is 16.6 Å². The minimum Gasteiger partial charge on any atom is -0.396 e. The van der Waals surface area contributed by atoms with Crippen molar-refractivity contribution >= 4 is 51.6 Å². The van der Waals surface area contributed by atoms with Crippen molar-refractivity contribution in [3.8, 4) is 0 Å². The predicted octanol–water partition coefficient (Wildman–Crippen LogP) is 5.20. The summed E-state index contributed by atoms with van der Waals surface area (Å²) in [5.41, 5.74) is 1.61. The summed E-state index contributed by atoms with van der Waals surface area (Å²) >= 11 is 1.62. The van der Waals surface area contributed by atoms with Gasteiger partial charge in [0.15, 0.2) is 0 Å². The molecule has 4 aliphatic heterocycles. The van der Waals surface area contributed by atoms with E-state index in [4.69, 9.17) is 0 Å². The highest BCUT2D eigenvalue weighted by Crippen LogP contribution is 2.61. The summed E-state index contributed by atoms with van der Waals surface area (Å²) in [5.74, 6) is -1.48. The number of hydrogen-bond donors (Lipinski definition) is 1. The monoisotopic (exact) mass is 607 g/mol. The number of rotatable bonds is 8. The molecule has 3 aromatic carbocycles. The van der Waals surface area contributed by atoms with Crippen molar-refractivity contribution in [2.45, 2.75) is 41.7 Å². The van der Waals surface area contributed by atoms with E-state index in [0.717, 1.165) is 47.8 Å². The molecule has 226 valence electrons. The van der Waals surface area contributed by atoms with Crippen molar-refractivity contribution < 1.29 is 19.5 Å². The summed E-state index contributed by atoms with van der Waals surface area (Å²) in [5, 5.41) is 11.2. The SMILES string of the molecule is O=C1C2N(CCCCCCO)C(=O)[C@@H]3[C@@H]4C(=O)N(c5ccccc5)CC=C[C@@H]4S[C@]23C=CCN1c1ccc2ccccc2c1. The molecular formula is C36H37N3O4S. The topological polar surface area (TPSA) is 81.2 Å². The van der Waals surface area contributed by atoms with Crippen LogP contribution in [0, 0.1) is 11.8 Å². The van der Waals surface area contributed by atoms with E-state index < -0.39 is 22.6 Å². The molecule has 3 amide bonds. The number of aliphatic hydroxyl groups is 1. The van der Waals surface area contributed by atoms with Gasteiger partial charge in [-0.05, 0) is 47.9 Å².